The normalized spacial score (nSPS) is 19.9. The van der Waals surface area contributed by atoms with Crippen LogP contribution in [0.3, 0.4) is 0 Å². The smallest absolute Gasteiger partial charge is 0.0208 e. The topological polar surface area (TPSA) is 12.0 Å². The average Bonchev–Trinajstić information content (AvgIpc) is 2.94. The van der Waals surface area contributed by atoms with Gasteiger partial charge in [-0.15, -0.1) is 0 Å². The van der Waals surface area contributed by atoms with Gasteiger partial charge in [-0.3, -0.25) is 0 Å². The Balaban J connectivity index is 1.87. The summed E-state index contributed by atoms with van der Waals surface area (Å²) >= 11 is 3.49. The zero-order valence-corrected chi connectivity index (χ0v) is 11.0. The minimum Gasteiger partial charge on any atom is -0.310 e. The van der Waals surface area contributed by atoms with E-state index in [9.17, 15) is 0 Å². The summed E-state index contributed by atoms with van der Waals surface area (Å²) in [4.78, 5) is 0. The Bertz CT molecular complexity index is 344. The Kier molecular flexibility index (Phi) is 3.17. The van der Waals surface area contributed by atoms with Crippen molar-refractivity contribution in [1.29, 1.82) is 0 Å². The average molecular weight is 268 g/mol. The fourth-order valence-electron chi connectivity index (χ4n) is 1.79. The zero-order chi connectivity index (χ0) is 10.9. The van der Waals surface area contributed by atoms with E-state index in [1.807, 2.05) is 0 Å². The molecule has 1 fully saturated rings. The molecule has 0 bridgehead atoms. The number of halogens is 1. The summed E-state index contributed by atoms with van der Waals surface area (Å²) in [5.41, 5.74) is 1.91. The predicted molar refractivity (Wildman–Crippen MR) is 67.8 cm³/mol. The lowest BCUT2D eigenvalue weighted by atomic mass is 10.0. The van der Waals surface area contributed by atoms with Crippen LogP contribution in [0.4, 0.5) is 0 Å². The van der Waals surface area contributed by atoms with Gasteiger partial charge >= 0.3 is 0 Å². The molecule has 1 aromatic carbocycles. The highest BCUT2D eigenvalue weighted by molar-refractivity contribution is 9.10. The standard InChI is InChI=1S/C13H18BrN/c1-10(13(2)6-7-13)15-9-11-4-3-5-12(14)8-11/h3-5,8,10,15H,6-7,9H2,1-2H3. The van der Waals surface area contributed by atoms with Gasteiger partial charge in [0.25, 0.3) is 0 Å². The quantitative estimate of drug-likeness (QED) is 0.877. The molecule has 0 amide bonds. The van der Waals surface area contributed by atoms with Crippen LogP contribution in [0.25, 0.3) is 0 Å². The summed E-state index contributed by atoms with van der Waals surface area (Å²) in [5, 5.41) is 3.61. The molecule has 82 valence electrons. The molecule has 1 aliphatic rings. The monoisotopic (exact) mass is 267 g/mol. The second-order valence-corrected chi connectivity index (χ2v) is 5.80. The van der Waals surface area contributed by atoms with Crippen molar-refractivity contribution in [3.8, 4) is 0 Å². The minimum absolute atomic E-state index is 0.562. The maximum absolute atomic E-state index is 3.61. The molecule has 1 saturated carbocycles. The molecular weight excluding hydrogens is 250 g/mol. The van der Waals surface area contributed by atoms with Crippen molar-refractivity contribution in [1.82, 2.24) is 5.32 Å². The Morgan fingerprint density at radius 3 is 2.80 bits per heavy atom. The van der Waals surface area contributed by atoms with E-state index in [4.69, 9.17) is 0 Å². The van der Waals surface area contributed by atoms with Crippen molar-refractivity contribution in [2.45, 2.75) is 39.3 Å². The molecule has 2 rings (SSSR count). The van der Waals surface area contributed by atoms with Gasteiger partial charge in [0.05, 0.1) is 0 Å². The fraction of sp³-hybridized carbons (Fsp3) is 0.538. The molecule has 0 heterocycles. The van der Waals surface area contributed by atoms with Crippen molar-refractivity contribution in [2.24, 2.45) is 5.41 Å². The third kappa shape index (κ3) is 2.82. The lowest BCUT2D eigenvalue weighted by molar-refractivity contribution is 0.380. The lowest BCUT2D eigenvalue weighted by Gasteiger charge is -2.20. The summed E-state index contributed by atoms with van der Waals surface area (Å²) in [6, 6.07) is 9.12. The van der Waals surface area contributed by atoms with E-state index in [0.29, 0.717) is 11.5 Å². The number of rotatable bonds is 4. The minimum atomic E-state index is 0.562. The van der Waals surface area contributed by atoms with Crippen molar-refractivity contribution >= 4 is 15.9 Å². The van der Waals surface area contributed by atoms with Gasteiger partial charge in [0.1, 0.15) is 0 Å². The Morgan fingerprint density at radius 2 is 2.20 bits per heavy atom. The van der Waals surface area contributed by atoms with Gasteiger partial charge in [0.15, 0.2) is 0 Å². The van der Waals surface area contributed by atoms with E-state index in [1.165, 1.54) is 18.4 Å². The molecule has 1 aliphatic carbocycles. The molecule has 0 aromatic heterocycles. The zero-order valence-electron chi connectivity index (χ0n) is 9.39. The summed E-state index contributed by atoms with van der Waals surface area (Å²) in [6.45, 7) is 5.63. The van der Waals surface area contributed by atoms with Crippen LogP contribution in [0, 0.1) is 5.41 Å². The molecular formula is C13H18BrN. The van der Waals surface area contributed by atoms with Crippen LogP contribution in [0.15, 0.2) is 28.7 Å². The second-order valence-electron chi connectivity index (χ2n) is 4.89. The first-order chi connectivity index (χ1) is 7.10. The SMILES string of the molecule is CC(NCc1cccc(Br)c1)C1(C)CC1. The number of hydrogen-bond acceptors (Lipinski definition) is 1. The van der Waals surface area contributed by atoms with Crippen LogP contribution in [0.1, 0.15) is 32.3 Å². The first-order valence-corrected chi connectivity index (χ1v) is 6.37. The Morgan fingerprint density at radius 1 is 1.47 bits per heavy atom. The van der Waals surface area contributed by atoms with Crippen LogP contribution in [-0.2, 0) is 6.54 Å². The van der Waals surface area contributed by atoms with Crippen molar-refractivity contribution in [3.05, 3.63) is 34.3 Å². The molecule has 1 N–H and O–H groups in total. The van der Waals surface area contributed by atoms with Crippen LogP contribution >= 0.6 is 15.9 Å². The van der Waals surface area contributed by atoms with E-state index in [1.54, 1.807) is 0 Å². The summed E-state index contributed by atoms with van der Waals surface area (Å²) in [7, 11) is 0. The first-order valence-electron chi connectivity index (χ1n) is 5.58. The predicted octanol–water partition coefficient (Wildman–Crippen LogP) is 3.73. The molecule has 1 nitrogen and oxygen atoms in total. The van der Waals surface area contributed by atoms with E-state index in [-0.39, 0.29) is 0 Å². The Labute approximate surface area is 100 Å². The van der Waals surface area contributed by atoms with Crippen LogP contribution in [0.2, 0.25) is 0 Å². The molecule has 2 heteroatoms. The van der Waals surface area contributed by atoms with Crippen LogP contribution in [0.5, 0.6) is 0 Å². The van der Waals surface area contributed by atoms with Gasteiger partial charge in [-0.25, -0.2) is 0 Å². The van der Waals surface area contributed by atoms with Crippen molar-refractivity contribution < 1.29 is 0 Å². The van der Waals surface area contributed by atoms with Crippen LogP contribution < -0.4 is 5.32 Å². The number of benzene rings is 1. The number of nitrogens with one attached hydrogen (secondary N) is 1. The second kappa shape index (κ2) is 4.26. The molecule has 1 aromatic rings. The van der Waals surface area contributed by atoms with E-state index in [2.05, 4.69) is 59.4 Å². The Hall–Kier alpha value is -0.340. The molecule has 0 saturated heterocycles. The molecule has 0 radical (unpaired) electrons. The largest absolute Gasteiger partial charge is 0.310 e. The summed E-state index contributed by atoms with van der Waals surface area (Å²) < 4.78 is 1.16. The fourth-order valence-corrected chi connectivity index (χ4v) is 2.24. The number of hydrogen-bond donors (Lipinski definition) is 1. The summed E-state index contributed by atoms with van der Waals surface area (Å²) in [5.74, 6) is 0. The van der Waals surface area contributed by atoms with Crippen molar-refractivity contribution in [3.63, 3.8) is 0 Å². The van der Waals surface area contributed by atoms with Gasteiger partial charge in [-0.2, -0.15) is 0 Å². The van der Waals surface area contributed by atoms with Gasteiger partial charge in [-0.05, 0) is 42.9 Å². The molecule has 0 aliphatic heterocycles. The molecule has 0 spiro atoms. The first kappa shape index (κ1) is 11.2. The lowest BCUT2D eigenvalue weighted by Crippen LogP contribution is -2.32. The van der Waals surface area contributed by atoms with E-state index in [0.717, 1.165) is 11.0 Å². The molecule has 1 atom stereocenters. The highest BCUT2D eigenvalue weighted by atomic mass is 79.9. The van der Waals surface area contributed by atoms with Crippen LogP contribution in [-0.4, -0.2) is 6.04 Å². The highest BCUT2D eigenvalue weighted by Crippen LogP contribution is 2.47. The highest BCUT2D eigenvalue weighted by Gasteiger charge is 2.41. The van der Waals surface area contributed by atoms with E-state index >= 15 is 0 Å². The van der Waals surface area contributed by atoms with Gasteiger partial charge in [0, 0.05) is 17.1 Å². The van der Waals surface area contributed by atoms with Gasteiger partial charge in [-0.1, -0.05) is 35.0 Å². The molecule has 1 unspecified atom stereocenters. The maximum Gasteiger partial charge on any atom is 0.0208 e. The molecule has 15 heavy (non-hydrogen) atoms. The third-order valence-electron chi connectivity index (χ3n) is 3.59. The third-order valence-corrected chi connectivity index (χ3v) is 4.08. The van der Waals surface area contributed by atoms with Gasteiger partial charge < -0.3 is 5.32 Å². The van der Waals surface area contributed by atoms with Gasteiger partial charge in [0.2, 0.25) is 0 Å². The van der Waals surface area contributed by atoms with Crippen molar-refractivity contribution in [2.75, 3.05) is 0 Å². The van der Waals surface area contributed by atoms with E-state index < -0.39 is 0 Å². The summed E-state index contributed by atoms with van der Waals surface area (Å²) in [6.07, 6.45) is 2.75. The maximum atomic E-state index is 3.61.